The van der Waals surface area contributed by atoms with E-state index in [1.165, 1.54) is 17.7 Å². The maximum atomic E-state index is 13.0. The second-order valence-electron chi connectivity index (χ2n) is 6.37. The van der Waals surface area contributed by atoms with Crippen LogP contribution in [0.3, 0.4) is 0 Å². The molecule has 1 aliphatic carbocycles. The first-order chi connectivity index (χ1) is 11.6. The van der Waals surface area contributed by atoms with Gasteiger partial charge in [-0.25, -0.2) is 4.79 Å². The van der Waals surface area contributed by atoms with Crippen molar-refractivity contribution < 1.29 is 13.9 Å². The van der Waals surface area contributed by atoms with E-state index < -0.39 is 5.83 Å². The average molecular weight is 329 g/mol. The molecule has 1 saturated carbocycles. The fraction of sp³-hybridized carbons (Fsp3) is 0.500. The second kappa shape index (κ2) is 9.22. The summed E-state index contributed by atoms with van der Waals surface area (Å²) in [6.07, 6.45) is 7.49. The van der Waals surface area contributed by atoms with Gasteiger partial charge in [-0.1, -0.05) is 25.5 Å². The van der Waals surface area contributed by atoms with E-state index in [2.05, 4.69) is 6.92 Å². The van der Waals surface area contributed by atoms with E-state index in [-0.39, 0.29) is 18.0 Å². The Morgan fingerprint density at radius 3 is 2.54 bits per heavy atom. The minimum absolute atomic E-state index is 0.0671. The minimum Gasteiger partial charge on any atom is -0.459 e. The Hall–Kier alpha value is -2.15. The number of aryl methyl sites for hydroxylation is 1. The Kier molecular flexibility index (Phi) is 6.99. The lowest BCUT2D eigenvalue weighted by molar-refractivity contribution is 0.0184. The second-order valence-corrected chi connectivity index (χ2v) is 6.37. The van der Waals surface area contributed by atoms with Crippen LogP contribution in [0.25, 0.3) is 0 Å². The lowest BCUT2D eigenvalue weighted by Crippen LogP contribution is -2.24. The van der Waals surface area contributed by atoms with Gasteiger partial charge >= 0.3 is 5.97 Å². The summed E-state index contributed by atoms with van der Waals surface area (Å²) in [4.78, 5) is 12.2. The molecular weight excluding hydrogens is 305 g/mol. The molecule has 0 amide bonds. The maximum absolute atomic E-state index is 13.0. The summed E-state index contributed by atoms with van der Waals surface area (Å²) in [6.45, 7) is 2.16. The van der Waals surface area contributed by atoms with E-state index in [0.29, 0.717) is 18.4 Å². The first-order valence-electron chi connectivity index (χ1n) is 8.69. The monoisotopic (exact) mass is 329 g/mol. The van der Waals surface area contributed by atoms with Crippen LogP contribution in [0.4, 0.5) is 4.39 Å². The molecule has 0 aliphatic heterocycles. The molecular formula is C20H24FNO2. The third kappa shape index (κ3) is 5.49. The van der Waals surface area contributed by atoms with Crippen molar-refractivity contribution >= 4 is 5.97 Å². The van der Waals surface area contributed by atoms with E-state index in [0.717, 1.165) is 32.1 Å². The van der Waals surface area contributed by atoms with Gasteiger partial charge < -0.3 is 4.74 Å². The topological polar surface area (TPSA) is 50.1 Å². The standard InChI is InChI=1S/C20H24FNO2/c1-2-3-4-15-5-9-17(10-6-15)20(23)24-19-11-7-16(8-12-19)13-18(21)14-22/h5-6,9-10,13,16,19H,2-4,7-8,11-12H2,1H3. The molecule has 3 nitrogen and oxygen atoms in total. The highest BCUT2D eigenvalue weighted by Crippen LogP contribution is 2.28. The number of halogens is 1. The highest BCUT2D eigenvalue weighted by Gasteiger charge is 2.23. The highest BCUT2D eigenvalue weighted by molar-refractivity contribution is 5.89. The summed E-state index contributed by atoms with van der Waals surface area (Å²) < 4.78 is 18.5. The predicted molar refractivity (Wildman–Crippen MR) is 91.0 cm³/mol. The van der Waals surface area contributed by atoms with Crippen molar-refractivity contribution in [2.75, 3.05) is 0 Å². The van der Waals surface area contributed by atoms with Crippen LogP contribution < -0.4 is 0 Å². The molecule has 1 aliphatic rings. The van der Waals surface area contributed by atoms with Gasteiger partial charge in [0.1, 0.15) is 12.2 Å². The highest BCUT2D eigenvalue weighted by atomic mass is 19.1. The van der Waals surface area contributed by atoms with Crippen LogP contribution in [-0.2, 0) is 11.2 Å². The van der Waals surface area contributed by atoms with Crippen LogP contribution in [-0.4, -0.2) is 12.1 Å². The molecule has 1 aromatic carbocycles. The smallest absolute Gasteiger partial charge is 0.338 e. The summed E-state index contributed by atoms with van der Waals surface area (Å²) in [5.41, 5.74) is 1.81. The largest absolute Gasteiger partial charge is 0.459 e. The number of carbonyl (C=O) groups is 1. The normalized spacial score (nSPS) is 21.1. The average Bonchev–Trinajstić information content (AvgIpc) is 2.61. The summed E-state index contributed by atoms with van der Waals surface area (Å²) in [5, 5.41) is 8.47. The number of esters is 1. The minimum atomic E-state index is -0.724. The van der Waals surface area contributed by atoms with Gasteiger partial charge in [-0.2, -0.15) is 9.65 Å². The molecule has 2 rings (SSSR count). The predicted octanol–water partition coefficient (Wildman–Crippen LogP) is 5.12. The molecule has 0 spiro atoms. The van der Waals surface area contributed by atoms with E-state index in [1.54, 1.807) is 0 Å². The van der Waals surface area contributed by atoms with Gasteiger partial charge in [0.15, 0.2) is 5.83 Å². The van der Waals surface area contributed by atoms with Crippen molar-refractivity contribution in [2.45, 2.75) is 58.0 Å². The Balaban J connectivity index is 1.82. The third-order valence-electron chi connectivity index (χ3n) is 4.49. The fourth-order valence-electron chi connectivity index (χ4n) is 3.03. The third-order valence-corrected chi connectivity index (χ3v) is 4.49. The molecule has 128 valence electrons. The van der Waals surface area contributed by atoms with Gasteiger partial charge in [0.25, 0.3) is 0 Å². The lowest BCUT2D eigenvalue weighted by atomic mass is 9.87. The molecule has 0 heterocycles. The molecule has 0 N–H and O–H groups in total. The molecule has 1 aromatic rings. The van der Waals surface area contributed by atoms with Crippen molar-refractivity contribution in [2.24, 2.45) is 5.92 Å². The number of unbranched alkanes of at least 4 members (excludes halogenated alkanes) is 1. The number of allylic oxidation sites excluding steroid dienone is 2. The summed E-state index contributed by atoms with van der Waals surface area (Å²) >= 11 is 0. The molecule has 0 saturated heterocycles. The van der Waals surface area contributed by atoms with Crippen molar-refractivity contribution in [3.63, 3.8) is 0 Å². The zero-order valence-corrected chi connectivity index (χ0v) is 14.1. The van der Waals surface area contributed by atoms with Gasteiger partial charge in [0.2, 0.25) is 0 Å². The van der Waals surface area contributed by atoms with Gasteiger partial charge in [0.05, 0.1) is 5.56 Å². The van der Waals surface area contributed by atoms with Gasteiger partial charge in [-0.05, 0) is 68.2 Å². The number of nitriles is 1. The number of carbonyl (C=O) groups excluding carboxylic acids is 1. The molecule has 0 unspecified atom stereocenters. The van der Waals surface area contributed by atoms with Crippen LogP contribution in [0.1, 0.15) is 61.4 Å². The summed E-state index contributed by atoms with van der Waals surface area (Å²) in [7, 11) is 0. The summed E-state index contributed by atoms with van der Waals surface area (Å²) in [6, 6.07) is 9.12. The van der Waals surface area contributed by atoms with E-state index >= 15 is 0 Å². The Morgan fingerprint density at radius 2 is 1.96 bits per heavy atom. The molecule has 0 atom stereocenters. The van der Waals surface area contributed by atoms with Crippen molar-refractivity contribution in [3.05, 3.63) is 47.3 Å². The number of hydrogen-bond donors (Lipinski definition) is 0. The number of hydrogen-bond acceptors (Lipinski definition) is 3. The van der Waals surface area contributed by atoms with Crippen LogP contribution >= 0.6 is 0 Å². The van der Waals surface area contributed by atoms with Crippen LogP contribution in [0, 0.1) is 17.2 Å². The molecule has 24 heavy (non-hydrogen) atoms. The summed E-state index contributed by atoms with van der Waals surface area (Å²) in [5.74, 6) is -0.949. The van der Waals surface area contributed by atoms with Crippen molar-refractivity contribution in [3.8, 4) is 6.07 Å². The van der Waals surface area contributed by atoms with E-state index in [1.807, 2.05) is 24.3 Å². The quantitative estimate of drug-likeness (QED) is 0.537. The van der Waals surface area contributed by atoms with Gasteiger partial charge in [0, 0.05) is 0 Å². The van der Waals surface area contributed by atoms with E-state index in [9.17, 15) is 9.18 Å². The Bertz CT molecular complexity index is 608. The van der Waals surface area contributed by atoms with Crippen molar-refractivity contribution in [1.29, 1.82) is 5.26 Å². The molecule has 0 aromatic heterocycles. The number of ether oxygens (including phenoxy) is 1. The Labute approximate surface area is 143 Å². The van der Waals surface area contributed by atoms with E-state index in [4.69, 9.17) is 10.00 Å². The zero-order valence-electron chi connectivity index (χ0n) is 14.1. The van der Waals surface area contributed by atoms with Gasteiger partial charge in [-0.15, -0.1) is 0 Å². The molecule has 4 heteroatoms. The molecule has 0 radical (unpaired) electrons. The van der Waals surface area contributed by atoms with Crippen LogP contribution in [0.2, 0.25) is 0 Å². The number of benzene rings is 1. The maximum Gasteiger partial charge on any atom is 0.338 e. The number of rotatable bonds is 6. The van der Waals surface area contributed by atoms with Crippen LogP contribution in [0.5, 0.6) is 0 Å². The van der Waals surface area contributed by atoms with Crippen molar-refractivity contribution in [1.82, 2.24) is 0 Å². The van der Waals surface area contributed by atoms with Crippen LogP contribution in [0.15, 0.2) is 36.2 Å². The first-order valence-corrected chi connectivity index (χ1v) is 8.69. The molecule has 1 fully saturated rings. The first kappa shape index (κ1) is 18.2. The Morgan fingerprint density at radius 1 is 1.29 bits per heavy atom. The lowest BCUT2D eigenvalue weighted by Gasteiger charge is -2.26. The SMILES string of the molecule is CCCCc1ccc(C(=O)OC2CCC(C=C(F)C#N)CC2)cc1. The van der Waals surface area contributed by atoms with Gasteiger partial charge in [-0.3, -0.25) is 0 Å². The molecule has 0 bridgehead atoms. The fourth-order valence-corrected chi connectivity index (χ4v) is 3.03. The number of nitrogens with zero attached hydrogens (tertiary/aromatic N) is 1. The zero-order chi connectivity index (χ0) is 17.4.